The number of hydrogen-bond acceptors (Lipinski definition) is 7. The second-order valence-electron chi connectivity index (χ2n) is 2.29. The van der Waals surface area contributed by atoms with Gasteiger partial charge in [-0.05, 0) is 0 Å². The van der Waals surface area contributed by atoms with Gasteiger partial charge in [0.25, 0.3) is 0 Å². The van der Waals surface area contributed by atoms with E-state index in [0.29, 0.717) is 0 Å². The van der Waals surface area contributed by atoms with Crippen molar-refractivity contribution in [2.75, 3.05) is 0 Å². The number of carboxylic acids is 2. The van der Waals surface area contributed by atoms with E-state index in [9.17, 15) is 29.8 Å². The van der Waals surface area contributed by atoms with Gasteiger partial charge < -0.3 is 15.3 Å². The molecule has 1 unspecified atom stereocenters. The number of hydrogen-bond donors (Lipinski definition) is 3. The first-order valence-corrected chi connectivity index (χ1v) is 3.12. The number of aliphatic hydroxyl groups is 1. The minimum Gasteiger partial charge on any atom is -0.479 e. The average Bonchev–Trinajstić information content (AvgIpc) is 2.02. The van der Waals surface area contributed by atoms with Gasteiger partial charge in [0.2, 0.25) is 0 Å². The first-order valence-electron chi connectivity index (χ1n) is 3.12. The van der Waals surface area contributed by atoms with Gasteiger partial charge in [-0.3, -0.25) is 20.2 Å². The molecular weight excluding hydrogens is 220 g/mol. The maximum atomic E-state index is 10.3. The Hall–Kier alpha value is -2.30. The van der Waals surface area contributed by atoms with Crippen molar-refractivity contribution in [2.45, 2.75) is 11.8 Å². The molecule has 1 atom stereocenters. The van der Waals surface area contributed by atoms with E-state index in [1.165, 1.54) is 0 Å². The molecule has 0 fully saturated rings. The Balaban J connectivity index is 5.75. The Bertz CT molecular complexity index is 299. The highest BCUT2D eigenvalue weighted by Crippen LogP contribution is 2.17. The van der Waals surface area contributed by atoms with E-state index in [1.54, 1.807) is 0 Å². The summed E-state index contributed by atoms with van der Waals surface area (Å²) < 4.78 is 0. The van der Waals surface area contributed by atoms with Crippen molar-refractivity contribution < 1.29 is 34.8 Å². The molecule has 0 amide bonds. The Morgan fingerprint density at radius 1 is 1.13 bits per heavy atom. The second-order valence-corrected chi connectivity index (χ2v) is 2.29. The lowest BCUT2D eigenvalue weighted by Crippen LogP contribution is -2.63. The molecule has 0 aliphatic heterocycles. The fourth-order valence-corrected chi connectivity index (χ4v) is 0.712. The summed E-state index contributed by atoms with van der Waals surface area (Å²) in [5.41, 5.74) is -4.20. The van der Waals surface area contributed by atoms with E-state index < -0.39 is 33.6 Å². The lowest BCUT2D eigenvalue weighted by atomic mass is 10.1. The zero-order chi connectivity index (χ0) is 12.4. The van der Waals surface area contributed by atoms with E-state index in [-0.39, 0.29) is 0 Å². The molecule has 0 aliphatic carbocycles. The molecule has 84 valence electrons. The van der Waals surface area contributed by atoms with Crippen molar-refractivity contribution in [1.29, 1.82) is 0 Å². The number of aliphatic carboxylic acids is 2. The standard InChI is InChI=1S/C4H4N2O9/c7-1(2(8)9)4(3(10)11,5(12)13)6(14)15/h1,7H,(H,8,9)(H,10,11). The summed E-state index contributed by atoms with van der Waals surface area (Å²) >= 11 is 0. The van der Waals surface area contributed by atoms with E-state index in [1.807, 2.05) is 0 Å². The van der Waals surface area contributed by atoms with E-state index in [4.69, 9.17) is 15.3 Å². The van der Waals surface area contributed by atoms with Crippen LogP contribution in [0.1, 0.15) is 0 Å². The molecule has 0 aromatic rings. The lowest BCUT2D eigenvalue weighted by Gasteiger charge is -2.14. The Labute approximate surface area is 79.8 Å². The van der Waals surface area contributed by atoms with Crippen LogP contribution in [0.5, 0.6) is 0 Å². The first-order chi connectivity index (χ1) is 6.68. The smallest absolute Gasteiger partial charge is 0.479 e. The highest BCUT2D eigenvalue weighted by Gasteiger charge is 2.74. The minimum atomic E-state index is -4.20. The predicted octanol–water partition coefficient (Wildman–Crippen LogP) is -2.23. The Morgan fingerprint density at radius 3 is 1.53 bits per heavy atom. The summed E-state index contributed by atoms with van der Waals surface area (Å²) in [6.45, 7) is 0. The molecule has 0 saturated heterocycles. The normalized spacial score (nSPS) is 12.9. The van der Waals surface area contributed by atoms with Gasteiger partial charge in [-0.25, -0.2) is 9.59 Å². The topological polar surface area (TPSA) is 181 Å². The van der Waals surface area contributed by atoms with Crippen LogP contribution >= 0.6 is 0 Å². The Kier molecular flexibility index (Phi) is 3.24. The maximum absolute atomic E-state index is 10.3. The molecule has 0 aromatic carbocycles. The summed E-state index contributed by atoms with van der Waals surface area (Å²) in [5, 5.41) is 45.5. The molecule has 0 radical (unpaired) electrons. The van der Waals surface area contributed by atoms with Crippen molar-refractivity contribution in [3.05, 3.63) is 20.2 Å². The number of nitrogens with zero attached hydrogens (tertiary/aromatic N) is 2. The van der Waals surface area contributed by atoms with Crippen LogP contribution in [0.2, 0.25) is 0 Å². The van der Waals surface area contributed by atoms with Gasteiger partial charge in [-0.2, -0.15) is 0 Å². The third-order valence-electron chi connectivity index (χ3n) is 1.49. The van der Waals surface area contributed by atoms with E-state index in [2.05, 4.69) is 0 Å². The zero-order valence-electron chi connectivity index (χ0n) is 6.76. The molecule has 11 heteroatoms. The van der Waals surface area contributed by atoms with Crippen molar-refractivity contribution in [1.82, 2.24) is 0 Å². The molecule has 11 nitrogen and oxygen atoms in total. The fraction of sp³-hybridized carbons (Fsp3) is 0.500. The van der Waals surface area contributed by atoms with Gasteiger partial charge in [-0.1, -0.05) is 0 Å². The van der Waals surface area contributed by atoms with Crippen LogP contribution in [0.4, 0.5) is 0 Å². The predicted molar refractivity (Wildman–Crippen MR) is 38.0 cm³/mol. The minimum absolute atomic E-state index is 1.98. The molecule has 0 rings (SSSR count). The molecule has 15 heavy (non-hydrogen) atoms. The highest BCUT2D eigenvalue weighted by atomic mass is 16.7. The lowest BCUT2D eigenvalue weighted by molar-refractivity contribution is -0.784. The summed E-state index contributed by atoms with van der Waals surface area (Å²) in [5.74, 6) is -5.06. The summed E-state index contributed by atoms with van der Waals surface area (Å²) in [4.78, 5) is 36.9. The summed E-state index contributed by atoms with van der Waals surface area (Å²) in [6.07, 6.45) is -3.29. The Morgan fingerprint density at radius 2 is 1.47 bits per heavy atom. The van der Waals surface area contributed by atoms with Gasteiger partial charge in [-0.15, -0.1) is 0 Å². The molecule has 0 spiro atoms. The van der Waals surface area contributed by atoms with E-state index in [0.717, 1.165) is 0 Å². The SMILES string of the molecule is O=C(O)C(O)C(C(=O)O)([N+](=O)[O-])[N+](=O)[O-]. The summed E-state index contributed by atoms with van der Waals surface area (Å²) in [6, 6.07) is 0. The number of aliphatic hydroxyl groups excluding tert-OH is 1. The molecule has 0 aliphatic rings. The largest absolute Gasteiger partial charge is 0.588 e. The van der Waals surface area contributed by atoms with Gasteiger partial charge in [0.05, 0.1) is 0 Å². The maximum Gasteiger partial charge on any atom is 0.588 e. The fourth-order valence-electron chi connectivity index (χ4n) is 0.712. The molecule has 0 heterocycles. The van der Waals surface area contributed by atoms with Crippen LogP contribution in [-0.4, -0.2) is 48.9 Å². The molecule has 0 saturated carbocycles. The number of carbonyl (C=O) groups is 2. The van der Waals surface area contributed by atoms with Crippen LogP contribution in [-0.2, 0) is 9.59 Å². The third-order valence-corrected chi connectivity index (χ3v) is 1.49. The quantitative estimate of drug-likeness (QED) is 0.264. The number of nitro groups is 2. The molecule has 0 bridgehead atoms. The van der Waals surface area contributed by atoms with E-state index >= 15 is 0 Å². The van der Waals surface area contributed by atoms with Crippen molar-refractivity contribution >= 4 is 11.9 Å². The number of carboxylic acid groups (broad SMARTS) is 2. The van der Waals surface area contributed by atoms with Crippen LogP contribution in [0, 0.1) is 20.2 Å². The monoisotopic (exact) mass is 224 g/mol. The molecule has 3 N–H and O–H groups in total. The van der Waals surface area contributed by atoms with Gasteiger partial charge in [0.15, 0.2) is 0 Å². The van der Waals surface area contributed by atoms with Crippen molar-refractivity contribution in [2.24, 2.45) is 0 Å². The number of rotatable bonds is 5. The van der Waals surface area contributed by atoms with Crippen molar-refractivity contribution in [3.8, 4) is 0 Å². The zero-order valence-corrected chi connectivity index (χ0v) is 6.76. The first kappa shape index (κ1) is 12.7. The van der Waals surface area contributed by atoms with Crippen molar-refractivity contribution in [3.63, 3.8) is 0 Å². The summed E-state index contributed by atoms with van der Waals surface area (Å²) in [7, 11) is 0. The molecular formula is C4H4N2O9. The average molecular weight is 224 g/mol. The van der Waals surface area contributed by atoms with Crippen LogP contribution < -0.4 is 0 Å². The van der Waals surface area contributed by atoms with Crippen LogP contribution in [0.3, 0.4) is 0 Å². The molecule has 0 aromatic heterocycles. The van der Waals surface area contributed by atoms with Gasteiger partial charge in [0, 0.05) is 0 Å². The third kappa shape index (κ3) is 1.67. The van der Waals surface area contributed by atoms with Gasteiger partial charge >= 0.3 is 23.7 Å². The van der Waals surface area contributed by atoms with Crippen LogP contribution in [0.25, 0.3) is 0 Å². The van der Waals surface area contributed by atoms with Crippen LogP contribution in [0.15, 0.2) is 0 Å². The van der Waals surface area contributed by atoms with Gasteiger partial charge in [0.1, 0.15) is 9.85 Å². The second kappa shape index (κ2) is 3.83. The highest BCUT2D eigenvalue weighted by molar-refractivity contribution is 5.85.